The third kappa shape index (κ3) is 11.7. The molecule has 22 heteroatoms. The first-order valence-corrected chi connectivity index (χ1v) is 19.4. The minimum atomic E-state index is -1.67. The summed E-state index contributed by atoms with van der Waals surface area (Å²) >= 11 is 0. The molecule has 1 aromatic carbocycles. The summed E-state index contributed by atoms with van der Waals surface area (Å²) in [4.78, 5) is 102. The van der Waals surface area contributed by atoms with Crippen molar-refractivity contribution in [3.63, 3.8) is 0 Å². The number of hydrogen-bond donors (Lipinski definition) is 10. The molecular formula is C37H51N13O9. The van der Waals surface area contributed by atoms with Gasteiger partial charge in [-0.25, -0.2) is 0 Å². The highest BCUT2D eigenvalue weighted by molar-refractivity contribution is 5.96. The van der Waals surface area contributed by atoms with E-state index in [9.17, 15) is 38.7 Å². The molecule has 4 heterocycles. The number of carboxylic acids is 1. The van der Waals surface area contributed by atoms with Gasteiger partial charge < -0.3 is 57.9 Å². The molecule has 2 aliphatic heterocycles. The van der Waals surface area contributed by atoms with Crippen LogP contribution in [0.15, 0.2) is 39.9 Å². The Hall–Kier alpha value is -6.58. The number of hydrogen-bond acceptors (Lipinski definition) is 12. The summed E-state index contributed by atoms with van der Waals surface area (Å²) in [6, 6.07) is 1.18. The first kappa shape index (κ1) is 43.5. The van der Waals surface area contributed by atoms with E-state index in [1.165, 1.54) is 0 Å². The molecule has 1 saturated heterocycles. The van der Waals surface area contributed by atoms with Crippen molar-refractivity contribution in [1.29, 1.82) is 0 Å². The average Bonchev–Trinajstić information content (AvgIpc) is 3.98. The van der Waals surface area contributed by atoms with E-state index in [4.69, 9.17) is 15.9 Å². The molecule has 6 atom stereocenters. The third-order valence-electron chi connectivity index (χ3n) is 10.1. The summed E-state index contributed by atoms with van der Waals surface area (Å²) in [6.45, 7) is 2.98. The van der Waals surface area contributed by atoms with Crippen LogP contribution in [0.3, 0.4) is 0 Å². The first-order valence-electron chi connectivity index (χ1n) is 19.4. The van der Waals surface area contributed by atoms with Crippen LogP contribution in [0.4, 0.5) is 0 Å². The molecule has 2 aromatic heterocycles. The lowest BCUT2D eigenvalue weighted by atomic mass is 10.0. The summed E-state index contributed by atoms with van der Waals surface area (Å²) < 4.78 is 6.07. The minimum absolute atomic E-state index is 0.0349. The van der Waals surface area contributed by atoms with E-state index < -0.39 is 97.2 Å². The number of carboxylic acid groups (broad SMARTS) is 1. The number of rotatable bonds is 9. The van der Waals surface area contributed by atoms with Crippen molar-refractivity contribution < 1.29 is 43.1 Å². The number of nitrogens with two attached hydrogens (primary N) is 2. The number of nitrogens with one attached hydrogen (secondary N) is 7. The predicted octanol–water partition coefficient (Wildman–Crippen LogP) is -1.88. The van der Waals surface area contributed by atoms with E-state index >= 15 is 0 Å². The second-order valence-electron chi connectivity index (χ2n) is 14.4. The minimum Gasteiger partial charge on any atom is -0.481 e. The SMILES string of the molecule is CCC1c2nnc(o2)[C@H](C)NC(=O)[C@H](Cc2c[nH]c3ccccc23)NC(=O)[C@H](CC(=O)O)NC(=O)CNC(=O)[C@H](CCCN=C(N)N)NC(=O)CNC(=O)[C@@H]2CCCN12. The molecule has 0 saturated carbocycles. The van der Waals surface area contributed by atoms with Gasteiger partial charge in [-0.3, -0.25) is 43.5 Å². The van der Waals surface area contributed by atoms with Crippen molar-refractivity contribution in [2.24, 2.45) is 16.5 Å². The Morgan fingerprint density at radius 1 is 0.898 bits per heavy atom. The topological polar surface area (TPSA) is 334 Å². The van der Waals surface area contributed by atoms with Crippen LogP contribution in [0.1, 0.15) is 81.8 Å². The van der Waals surface area contributed by atoms with Crippen LogP contribution in [0, 0.1) is 0 Å². The summed E-state index contributed by atoms with van der Waals surface area (Å²) in [5.74, 6) is -5.81. The fourth-order valence-electron chi connectivity index (χ4n) is 7.15. The fourth-order valence-corrected chi connectivity index (χ4v) is 7.15. The summed E-state index contributed by atoms with van der Waals surface area (Å²) in [5, 5.41) is 34.2. The Labute approximate surface area is 338 Å². The van der Waals surface area contributed by atoms with Gasteiger partial charge in [0.05, 0.1) is 31.6 Å². The summed E-state index contributed by atoms with van der Waals surface area (Å²) in [6.07, 6.45) is 2.72. The maximum absolute atomic E-state index is 14.0. The molecule has 12 N–H and O–H groups in total. The molecule has 3 aromatic rings. The number of aliphatic carboxylic acids is 1. The zero-order valence-corrected chi connectivity index (χ0v) is 32.8. The number of H-pyrrole nitrogens is 1. The van der Waals surface area contributed by atoms with Crippen molar-refractivity contribution in [1.82, 2.24) is 52.0 Å². The molecule has 1 fully saturated rings. The second kappa shape index (κ2) is 20.2. The number of carbonyl (C=O) groups excluding carboxylic acids is 6. The lowest BCUT2D eigenvalue weighted by Crippen LogP contribution is -2.56. The van der Waals surface area contributed by atoms with Crippen molar-refractivity contribution in [3.05, 3.63) is 47.8 Å². The number of benzene rings is 1. The van der Waals surface area contributed by atoms with E-state index in [1.807, 2.05) is 36.1 Å². The number of fused-ring (bicyclic) bond motifs is 4. The van der Waals surface area contributed by atoms with E-state index in [2.05, 4.69) is 52.1 Å². The van der Waals surface area contributed by atoms with E-state index in [1.54, 1.807) is 13.1 Å². The summed E-state index contributed by atoms with van der Waals surface area (Å²) in [7, 11) is 0. The van der Waals surface area contributed by atoms with Gasteiger partial charge >= 0.3 is 5.97 Å². The number of amides is 6. The molecule has 1 unspecified atom stereocenters. The Morgan fingerprint density at radius 3 is 2.29 bits per heavy atom. The Bertz CT molecular complexity index is 2040. The third-order valence-corrected chi connectivity index (χ3v) is 10.1. The van der Waals surface area contributed by atoms with E-state index in [0.29, 0.717) is 31.4 Å². The van der Waals surface area contributed by atoms with E-state index in [0.717, 1.165) is 10.9 Å². The second-order valence-corrected chi connectivity index (χ2v) is 14.4. The van der Waals surface area contributed by atoms with Crippen LogP contribution in [-0.2, 0) is 40.0 Å². The Morgan fingerprint density at radius 2 is 1.58 bits per heavy atom. The quantitative estimate of drug-likeness (QED) is 0.0642. The van der Waals surface area contributed by atoms with Gasteiger partial charge in [-0.15, -0.1) is 10.2 Å². The van der Waals surface area contributed by atoms with Gasteiger partial charge in [-0.1, -0.05) is 25.1 Å². The van der Waals surface area contributed by atoms with Crippen molar-refractivity contribution in [3.8, 4) is 0 Å². The first-order chi connectivity index (χ1) is 28.2. The lowest BCUT2D eigenvalue weighted by molar-refractivity contribution is -0.141. The molecular weight excluding hydrogens is 770 g/mol. The van der Waals surface area contributed by atoms with Gasteiger partial charge in [0.2, 0.25) is 47.2 Å². The zero-order valence-electron chi connectivity index (χ0n) is 32.8. The fraction of sp³-hybridized carbons (Fsp3) is 0.514. The largest absolute Gasteiger partial charge is 0.481 e. The number of aromatic nitrogens is 3. The molecule has 2 bridgehead atoms. The number of aromatic amines is 1. The molecule has 6 amide bonds. The number of carbonyl (C=O) groups is 7. The van der Waals surface area contributed by atoms with Gasteiger partial charge in [0.15, 0.2) is 5.96 Å². The van der Waals surface area contributed by atoms with Gasteiger partial charge in [0.25, 0.3) is 0 Å². The normalized spacial score (nSPS) is 24.4. The molecule has 0 spiro atoms. The highest BCUT2D eigenvalue weighted by Crippen LogP contribution is 2.32. The number of aliphatic imine (C=N–C) groups is 1. The van der Waals surface area contributed by atoms with Gasteiger partial charge in [-0.05, 0) is 57.2 Å². The molecule has 59 heavy (non-hydrogen) atoms. The monoisotopic (exact) mass is 821 g/mol. The number of para-hydroxylation sites is 1. The van der Waals surface area contributed by atoms with Crippen molar-refractivity contribution in [2.45, 2.75) is 95.0 Å². The molecule has 22 nitrogen and oxygen atoms in total. The Balaban J connectivity index is 1.45. The maximum Gasteiger partial charge on any atom is 0.305 e. The van der Waals surface area contributed by atoms with Crippen LogP contribution in [0.5, 0.6) is 0 Å². The van der Waals surface area contributed by atoms with Crippen LogP contribution in [0.25, 0.3) is 10.9 Å². The van der Waals surface area contributed by atoms with E-state index in [-0.39, 0.29) is 43.5 Å². The highest BCUT2D eigenvalue weighted by atomic mass is 16.4. The average molecular weight is 822 g/mol. The number of guanidine groups is 1. The standard InChI is InChI=1S/C37H51N13O9/c1-3-26-36-49-48-35(59-36)19(2)44-32(56)24(14-20-16-41-22-9-5-4-8-21(20)22)47-33(57)25(15-30(53)54)46-29(52)17-42-31(55)23(10-6-12-40-37(38)39)45-28(51)18-43-34(58)27-11-7-13-50(26)27/h4-5,8-9,16,19,23-27,41H,3,6-7,10-15,17-18H2,1-2H3,(H,42,55)(H,43,58)(H,44,56)(H,45,51)(H,46,52)(H,47,57)(H,53,54)(H4,38,39,40)/t19-,23-,24-,25-,26?,27-/m0/s1. The molecule has 0 radical (unpaired) electrons. The molecule has 2 aliphatic rings. The van der Waals surface area contributed by atoms with Gasteiger partial charge in [-0.2, -0.15) is 0 Å². The van der Waals surface area contributed by atoms with Crippen molar-refractivity contribution >= 4 is 58.3 Å². The molecule has 5 rings (SSSR count). The molecule has 0 aliphatic carbocycles. The van der Waals surface area contributed by atoms with Crippen LogP contribution >= 0.6 is 0 Å². The summed E-state index contributed by atoms with van der Waals surface area (Å²) in [5.41, 5.74) is 12.3. The van der Waals surface area contributed by atoms with Crippen LogP contribution < -0.4 is 43.4 Å². The van der Waals surface area contributed by atoms with Gasteiger partial charge in [0, 0.05) is 30.1 Å². The van der Waals surface area contributed by atoms with Gasteiger partial charge in [0.1, 0.15) is 24.2 Å². The highest BCUT2D eigenvalue weighted by Gasteiger charge is 2.38. The smallest absolute Gasteiger partial charge is 0.305 e. The number of nitrogens with zero attached hydrogens (tertiary/aromatic N) is 4. The zero-order chi connectivity index (χ0) is 42.6. The lowest BCUT2D eigenvalue weighted by Gasteiger charge is -2.29. The van der Waals surface area contributed by atoms with Crippen molar-refractivity contribution in [2.75, 3.05) is 26.2 Å². The van der Waals surface area contributed by atoms with Crippen LogP contribution in [-0.4, -0.2) is 123 Å². The van der Waals surface area contributed by atoms with Crippen LogP contribution in [0.2, 0.25) is 0 Å². The maximum atomic E-state index is 14.0. The Kier molecular flexibility index (Phi) is 14.9. The predicted molar refractivity (Wildman–Crippen MR) is 210 cm³/mol. The molecule has 318 valence electrons.